The highest BCUT2D eigenvalue weighted by Crippen LogP contribution is 2.32. The second-order valence-electron chi connectivity index (χ2n) is 4.03. The number of aryl methyl sites for hydroxylation is 1. The number of carbonyl (C=O) groups excluding carboxylic acids is 1. The first-order chi connectivity index (χ1) is 8.53. The highest BCUT2D eigenvalue weighted by molar-refractivity contribution is 5.95. The van der Waals surface area contributed by atoms with Crippen LogP contribution in [-0.4, -0.2) is 26.2 Å². The van der Waals surface area contributed by atoms with E-state index in [-0.39, 0.29) is 5.91 Å². The fourth-order valence-corrected chi connectivity index (χ4v) is 1.53. The van der Waals surface area contributed by atoms with Gasteiger partial charge < -0.3 is 20.5 Å². The fourth-order valence-electron chi connectivity index (χ4n) is 1.53. The van der Waals surface area contributed by atoms with Crippen LogP contribution in [-0.2, 0) is 4.79 Å². The molecule has 1 atom stereocenters. The van der Waals surface area contributed by atoms with Gasteiger partial charge in [-0.15, -0.1) is 0 Å². The van der Waals surface area contributed by atoms with Crippen LogP contribution in [0.25, 0.3) is 0 Å². The quantitative estimate of drug-likeness (QED) is 0.836. The summed E-state index contributed by atoms with van der Waals surface area (Å²) < 4.78 is 10.4. The maximum atomic E-state index is 11.7. The lowest BCUT2D eigenvalue weighted by Crippen LogP contribution is -2.35. The smallest absolute Gasteiger partial charge is 0.241 e. The zero-order valence-corrected chi connectivity index (χ0v) is 11.2. The second kappa shape index (κ2) is 6.26. The molecule has 0 spiro atoms. The summed E-state index contributed by atoms with van der Waals surface area (Å²) in [4.78, 5) is 11.7. The van der Waals surface area contributed by atoms with Crippen LogP contribution in [0.3, 0.4) is 0 Å². The van der Waals surface area contributed by atoms with Crippen molar-refractivity contribution in [1.82, 2.24) is 0 Å². The van der Waals surface area contributed by atoms with Crippen LogP contribution >= 0.6 is 0 Å². The van der Waals surface area contributed by atoms with Crippen LogP contribution in [0, 0.1) is 6.92 Å². The van der Waals surface area contributed by atoms with Crippen molar-refractivity contribution in [3.8, 4) is 11.5 Å². The summed E-state index contributed by atoms with van der Waals surface area (Å²) in [5.41, 5.74) is 7.25. The van der Waals surface area contributed by atoms with Crippen LogP contribution in [0.2, 0.25) is 0 Å². The Morgan fingerprint density at radius 3 is 2.39 bits per heavy atom. The summed E-state index contributed by atoms with van der Waals surface area (Å²) in [5, 5.41) is 2.79. The number of hydrogen-bond acceptors (Lipinski definition) is 4. The van der Waals surface area contributed by atoms with Crippen LogP contribution < -0.4 is 20.5 Å². The van der Waals surface area contributed by atoms with Gasteiger partial charge in [0.25, 0.3) is 0 Å². The Morgan fingerprint density at radius 2 is 1.89 bits per heavy atom. The first kappa shape index (κ1) is 14.3. The minimum absolute atomic E-state index is 0.201. The van der Waals surface area contributed by atoms with E-state index in [1.54, 1.807) is 20.3 Å². The van der Waals surface area contributed by atoms with Crippen molar-refractivity contribution >= 4 is 11.6 Å². The molecule has 1 amide bonds. The molecule has 0 bridgehead atoms. The van der Waals surface area contributed by atoms with Gasteiger partial charge in [-0.05, 0) is 25.0 Å². The van der Waals surface area contributed by atoms with Crippen molar-refractivity contribution in [2.24, 2.45) is 5.73 Å². The molecule has 0 saturated carbocycles. The van der Waals surface area contributed by atoms with E-state index in [9.17, 15) is 4.79 Å². The van der Waals surface area contributed by atoms with E-state index < -0.39 is 6.04 Å². The maximum Gasteiger partial charge on any atom is 0.241 e. The third-order valence-electron chi connectivity index (χ3n) is 2.77. The van der Waals surface area contributed by atoms with Gasteiger partial charge in [-0.2, -0.15) is 0 Å². The number of ether oxygens (including phenoxy) is 2. The van der Waals surface area contributed by atoms with E-state index in [2.05, 4.69) is 5.32 Å². The summed E-state index contributed by atoms with van der Waals surface area (Å²) in [7, 11) is 3.12. The summed E-state index contributed by atoms with van der Waals surface area (Å²) in [6.45, 7) is 3.75. The molecule has 1 aromatic carbocycles. The highest BCUT2D eigenvalue weighted by Gasteiger charge is 2.14. The lowest BCUT2D eigenvalue weighted by Gasteiger charge is -2.15. The topological polar surface area (TPSA) is 73.6 Å². The molecule has 18 heavy (non-hydrogen) atoms. The monoisotopic (exact) mass is 252 g/mol. The minimum Gasteiger partial charge on any atom is -0.493 e. The van der Waals surface area contributed by atoms with Crippen LogP contribution in [0.4, 0.5) is 5.69 Å². The Bertz CT molecular complexity index is 432. The Morgan fingerprint density at radius 1 is 1.33 bits per heavy atom. The second-order valence-corrected chi connectivity index (χ2v) is 4.03. The number of benzene rings is 1. The van der Waals surface area contributed by atoms with Crippen molar-refractivity contribution < 1.29 is 14.3 Å². The molecule has 0 aliphatic carbocycles. The standard InChI is InChI=1S/C13H20N2O3/c1-5-9(14)13(16)15-10-7-12(18-4)11(17-3)6-8(10)2/h6-7,9H,5,14H2,1-4H3,(H,15,16)/t9-/m1/s1. The summed E-state index contributed by atoms with van der Waals surface area (Å²) in [6.07, 6.45) is 0.595. The molecule has 0 heterocycles. The molecule has 5 heteroatoms. The zero-order valence-electron chi connectivity index (χ0n) is 11.2. The largest absolute Gasteiger partial charge is 0.493 e. The van der Waals surface area contributed by atoms with E-state index in [1.165, 1.54) is 0 Å². The van der Waals surface area contributed by atoms with Crippen molar-refractivity contribution in [1.29, 1.82) is 0 Å². The van der Waals surface area contributed by atoms with Crippen LogP contribution in [0.15, 0.2) is 12.1 Å². The number of hydrogen-bond donors (Lipinski definition) is 2. The van der Waals surface area contributed by atoms with Gasteiger partial charge in [0.2, 0.25) is 5.91 Å². The average Bonchev–Trinajstić information content (AvgIpc) is 2.39. The van der Waals surface area contributed by atoms with Gasteiger partial charge in [0.15, 0.2) is 11.5 Å². The van der Waals surface area contributed by atoms with E-state index in [1.807, 2.05) is 19.9 Å². The number of carbonyl (C=O) groups is 1. The van der Waals surface area contributed by atoms with E-state index in [0.29, 0.717) is 23.6 Å². The van der Waals surface area contributed by atoms with Gasteiger partial charge >= 0.3 is 0 Å². The maximum absolute atomic E-state index is 11.7. The van der Waals surface area contributed by atoms with E-state index in [0.717, 1.165) is 5.56 Å². The molecule has 0 saturated heterocycles. The molecular formula is C13H20N2O3. The predicted octanol–water partition coefficient (Wildman–Crippen LogP) is 1.69. The molecule has 0 fully saturated rings. The van der Waals surface area contributed by atoms with E-state index >= 15 is 0 Å². The summed E-state index contributed by atoms with van der Waals surface area (Å²) in [5.74, 6) is 1.00. The Kier molecular flexibility index (Phi) is 4.97. The molecule has 5 nitrogen and oxygen atoms in total. The number of amides is 1. The van der Waals surface area contributed by atoms with Crippen molar-refractivity contribution in [2.45, 2.75) is 26.3 Å². The molecule has 100 valence electrons. The Balaban J connectivity index is 2.99. The third kappa shape index (κ3) is 3.13. The van der Waals surface area contributed by atoms with Crippen LogP contribution in [0.5, 0.6) is 11.5 Å². The predicted molar refractivity (Wildman–Crippen MR) is 71.2 cm³/mol. The Hall–Kier alpha value is -1.75. The van der Waals surface area contributed by atoms with Gasteiger partial charge in [-0.25, -0.2) is 0 Å². The van der Waals surface area contributed by atoms with Crippen molar-refractivity contribution in [3.05, 3.63) is 17.7 Å². The number of methoxy groups -OCH3 is 2. The molecule has 1 rings (SSSR count). The van der Waals surface area contributed by atoms with Crippen molar-refractivity contribution in [2.75, 3.05) is 19.5 Å². The lowest BCUT2D eigenvalue weighted by atomic mass is 10.1. The normalized spacial score (nSPS) is 11.8. The number of anilines is 1. The molecule has 0 aliphatic heterocycles. The van der Waals surface area contributed by atoms with Gasteiger partial charge in [-0.1, -0.05) is 6.92 Å². The average molecular weight is 252 g/mol. The molecular weight excluding hydrogens is 232 g/mol. The van der Waals surface area contributed by atoms with Crippen molar-refractivity contribution in [3.63, 3.8) is 0 Å². The number of nitrogens with two attached hydrogens (primary N) is 1. The minimum atomic E-state index is -0.502. The first-order valence-corrected chi connectivity index (χ1v) is 5.82. The molecule has 0 aliphatic rings. The number of rotatable bonds is 5. The van der Waals surface area contributed by atoms with Gasteiger partial charge in [0.05, 0.1) is 20.3 Å². The molecule has 0 aromatic heterocycles. The highest BCUT2D eigenvalue weighted by atomic mass is 16.5. The number of nitrogens with one attached hydrogen (secondary N) is 1. The lowest BCUT2D eigenvalue weighted by molar-refractivity contribution is -0.117. The zero-order chi connectivity index (χ0) is 13.7. The molecule has 1 aromatic rings. The van der Waals surface area contributed by atoms with Crippen LogP contribution in [0.1, 0.15) is 18.9 Å². The fraction of sp³-hybridized carbons (Fsp3) is 0.462. The SMILES string of the molecule is CC[C@@H](N)C(=O)Nc1cc(OC)c(OC)cc1C. The molecule has 0 unspecified atom stereocenters. The third-order valence-corrected chi connectivity index (χ3v) is 2.77. The Labute approximate surface area is 107 Å². The first-order valence-electron chi connectivity index (χ1n) is 5.82. The summed E-state index contributed by atoms with van der Waals surface area (Å²) in [6, 6.07) is 3.04. The summed E-state index contributed by atoms with van der Waals surface area (Å²) >= 11 is 0. The van der Waals surface area contributed by atoms with Gasteiger partial charge in [-0.3, -0.25) is 4.79 Å². The van der Waals surface area contributed by atoms with E-state index in [4.69, 9.17) is 15.2 Å². The molecule has 3 N–H and O–H groups in total. The molecule has 0 radical (unpaired) electrons. The van der Waals surface area contributed by atoms with Gasteiger partial charge in [0.1, 0.15) is 0 Å². The van der Waals surface area contributed by atoms with Gasteiger partial charge in [0, 0.05) is 11.8 Å².